The average Bonchev–Trinajstić information content (AvgIpc) is 2.72. The summed E-state index contributed by atoms with van der Waals surface area (Å²) in [7, 11) is -3.83. The van der Waals surface area contributed by atoms with E-state index in [1.54, 1.807) is 30.3 Å². The highest BCUT2D eigenvalue weighted by Crippen LogP contribution is 2.29. The van der Waals surface area contributed by atoms with E-state index in [1.165, 1.54) is 22.5 Å². The monoisotopic (exact) mass is 435 g/mol. The Hall–Kier alpha value is -2.22. The lowest BCUT2D eigenvalue weighted by molar-refractivity contribution is 0.0474. The highest BCUT2D eigenvalue weighted by atomic mass is 35.5. The molecular formula is C21H22ClNO5S. The van der Waals surface area contributed by atoms with Crippen LogP contribution in [0.4, 0.5) is 0 Å². The van der Waals surface area contributed by atoms with Gasteiger partial charge in [0, 0.05) is 18.7 Å². The van der Waals surface area contributed by atoms with Crippen molar-refractivity contribution in [2.24, 2.45) is 5.92 Å². The SMILES string of the molecule is CC1CCCN(S(=O)(=O)c2cc(C(=O)OCC(=O)c3ccccc3)ccc2Cl)C1. The molecule has 0 radical (unpaired) electrons. The summed E-state index contributed by atoms with van der Waals surface area (Å²) in [5.41, 5.74) is 0.456. The highest BCUT2D eigenvalue weighted by molar-refractivity contribution is 7.89. The third-order valence-electron chi connectivity index (χ3n) is 4.83. The molecule has 29 heavy (non-hydrogen) atoms. The second kappa shape index (κ2) is 9.07. The number of benzene rings is 2. The highest BCUT2D eigenvalue weighted by Gasteiger charge is 2.31. The quantitative estimate of drug-likeness (QED) is 0.509. The van der Waals surface area contributed by atoms with Crippen LogP contribution in [0.2, 0.25) is 5.02 Å². The summed E-state index contributed by atoms with van der Waals surface area (Å²) in [4.78, 5) is 24.3. The Morgan fingerprint density at radius 3 is 2.55 bits per heavy atom. The van der Waals surface area contributed by atoms with Crippen LogP contribution in [-0.2, 0) is 14.8 Å². The van der Waals surface area contributed by atoms with Crippen LogP contribution in [0.1, 0.15) is 40.5 Å². The molecule has 2 aromatic rings. The van der Waals surface area contributed by atoms with E-state index in [1.807, 2.05) is 6.92 Å². The standard InChI is InChI=1S/C21H22ClNO5S/c1-15-6-5-11-23(13-15)29(26,27)20-12-17(9-10-18(20)22)21(25)28-14-19(24)16-7-3-2-4-8-16/h2-4,7-10,12,15H,5-6,11,13-14H2,1H3. The van der Waals surface area contributed by atoms with E-state index in [0.29, 0.717) is 18.7 Å². The summed E-state index contributed by atoms with van der Waals surface area (Å²) < 4.78 is 32.5. The van der Waals surface area contributed by atoms with Crippen LogP contribution in [0, 0.1) is 5.92 Å². The number of Topliss-reactive ketones (excluding diaryl/α,β-unsaturated/α-hetero) is 1. The minimum Gasteiger partial charge on any atom is -0.454 e. The van der Waals surface area contributed by atoms with Gasteiger partial charge in [0.25, 0.3) is 0 Å². The molecule has 0 aromatic heterocycles. The summed E-state index contributed by atoms with van der Waals surface area (Å²) in [5, 5.41) is 0.0418. The van der Waals surface area contributed by atoms with Gasteiger partial charge in [0.05, 0.1) is 10.6 Å². The molecule has 0 saturated carbocycles. The molecule has 0 N–H and O–H groups in total. The van der Waals surface area contributed by atoms with E-state index in [9.17, 15) is 18.0 Å². The molecule has 3 rings (SSSR count). The van der Waals surface area contributed by atoms with Gasteiger partial charge in [0.1, 0.15) is 4.90 Å². The maximum Gasteiger partial charge on any atom is 0.338 e. The van der Waals surface area contributed by atoms with Gasteiger partial charge in [-0.25, -0.2) is 13.2 Å². The summed E-state index contributed by atoms with van der Waals surface area (Å²) >= 11 is 6.14. The maximum absolute atomic E-state index is 13.0. The van der Waals surface area contributed by atoms with Crippen LogP contribution >= 0.6 is 11.6 Å². The molecule has 1 aliphatic rings. The van der Waals surface area contributed by atoms with Gasteiger partial charge in [-0.1, -0.05) is 48.9 Å². The number of ketones is 1. The van der Waals surface area contributed by atoms with Gasteiger partial charge in [-0.2, -0.15) is 4.31 Å². The third-order valence-corrected chi connectivity index (χ3v) is 7.18. The van der Waals surface area contributed by atoms with Gasteiger partial charge < -0.3 is 4.74 Å². The number of halogens is 1. The van der Waals surface area contributed by atoms with E-state index in [4.69, 9.17) is 16.3 Å². The largest absolute Gasteiger partial charge is 0.454 e. The van der Waals surface area contributed by atoms with Crippen molar-refractivity contribution < 1.29 is 22.7 Å². The molecule has 1 saturated heterocycles. The summed E-state index contributed by atoms with van der Waals surface area (Å²) in [6.07, 6.45) is 1.75. The Balaban J connectivity index is 1.76. The van der Waals surface area contributed by atoms with Crippen LogP contribution in [-0.4, -0.2) is 44.2 Å². The zero-order valence-electron chi connectivity index (χ0n) is 16.0. The molecule has 0 bridgehead atoms. The Labute approximate surface area is 175 Å². The molecule has 1 atom stereocenters. The van der Waals surface area contributed by atoms with Gasteiger partial charge in [0.15, 0.2) is 12.4 Å². The van der Waals surface area contributed by atoms with Crippen LogP contribution in [0.5, 0.6) is 0 Å². The van der Waals surface area contributed by atoms with Crippen LogP contribution in [0.3, 0.4) is 0 Å². The van der Waals surface area contributed by atoms with Gasteiger partial charge in [-0.3, -0.25) is 4.79 Å². The first-order chi connectivity index (χ1) is 13.8. The number of hydrogen-bond acceptors (Lipinski definition) is 5. The molecule has 8 heteroatoms. The fourth-order valence-electron chi connectivity index (χ4n) is 3.25. The first kappa shape index (κ1) is 21.5. The molecule has 1 unspecified atom stereocenters. The summed E-state index contributed by atoms with van der Waals surface area (Å²) in [6, 6.07) is 12.4. The lowest BCUT2D eigenvalue weighted by Crippen LogP contribution is -2.39. The minimum atomic E-state index is -3.83. The fraction of sp³-hybridized carbons (Fsp3) is 0.333. The second-order valence-electron chi connectivity index (χ2n) is 7.12. The van der Waals surface area contributed by atoms with Crippen molar-refractivity contribution in [2.75, 3.05) is 19.7 Å². The number of piperidine rings is 1. The number of rotatable bonds is 6. The van der Waals surface area contributed by atoms with Crippen LogP contribution in [0.15, 0.2) is 53.4 Å². The van der Waals surface area contributed by atoms with Crippen molar-refractivity contribution >= 4 is 33.4 Å². The molecule has 6 nitrogen and oxygen atoms in total. The molecular weight excluding hydrogens is 414 g/mol. The fourth-order valence-corrected chi connectivity index (χ4v) is 5.35. The zero-order chi connectivity index (χ0) is 21.0. The lowest BCUT2D eigenvalue weighted by Gasteiger charge is -2.30. The Morgan fingerprint density at radius 2 is 1.86 bits per heavy atom. The van der Waals surface area contributed by atoms with Gasteiger partial charge in [0.2, 0.25) is 10.0 Å². The first-order valence-corrected chi connectivity index (χ1v) is 11.2. The van der Waals surface area contributed by atoms with Crippen molar-refractivity contribution in [3.63, 3.8) is 0 Å². The van der Waals surface area contributed by atoms with Crippen LogP contribution in [0.25, 0.3) is 0 Å². The molecule has 1 aliphatic heterocycles. The smallest absolute Gasteiger partial charge is 0.338 e. The van der Waals surface area contributed by atoms with Crippen molar-refractivity contribution in [1.82, 2.24) is 4.31 Å². The molecule has 154 valence electrons. The van der Waals surface area contributed by atoms with Gasteiger partial charge in [-0.15, -0.1) is 0 Å². The summed E-state index contributed by atoms with van der Waals surface area (Å²) in [6.45, 7) is 2.40. The number of carbonyl (C=O) groups excluding carboxylic acids is 2. The van der Waals surface area contributed by atoms with E-state index in [2.05, 4.69) is 0 Å². The van der Waals surface area contributed by atoms with E-state index in [0.717, 1.165) is 12.8 Å². The van der Waals surface area contributed by atoms with Crippen molar-refractivity contribution in [3.05, 3.63) is 64.7 Å². The topological polar surface area (TPSA) is 80.8 Å². The first-order valence-electron chi connectivity index (χ1n) is 9.34. The van der Waals surface area contributed by atoms with E-state index < -0.39 is 22.6 Å². The van der Waals surface area contributed by atoms with Gasteiger partial charge >= 0.3 is 5.97 Å². The summed E-state index contributed by atoms with van der Waals surface area (Å²) in [5.74, 6) is -0.869. The Bertz CT molecular complexity index is 1010. The normalized spacial score (nSPS) is 17.7. The molecule has 2 aromatic carbocycles. The third kappa shape index (κ3) is 5.04. The van der Waals surface area contributed by atoms with E-state index in [-0.39, 0.29) is 27.2 Å². The second-order valence-corrected chi connectivity index (χ2v) is 9.43. The number of nitrogens with zero attached hydrogens (tertiary/aromatic N) is 1. The number of sulfonamides is 1. The van der Waals surface area contributed by atoms with Crippen molar-refractivity contribution in [3.8, 4) is 0 Å². The minimum absolute atomic E-state index is 0.0268. The van der Waals surface area contributed by atoms with Crippen molar-refractivity contribution in [1.29, 1.82) is 0 Å². The predicted molar refractivity (Wildman–Crippen MR) is 110 cm³/mol. The van der Waals surface area contributed by atoms with Gasteiger partial charge in [-0.05, 0) is 37.0 Å². The van der Waals surface area contributed by atoms with E-state index >= 15 is 0 Å². The lowest BCUT2D eigenvalue weighted by atomic mass is 10.0. The Morgan fingerprint density at radius 1 is 1.14 bits per heavy atom. The number of carbonyl (C=O) groups is 2. The molecule has 0 aliphatic carbocycles. The predicted octanol–water partition coefficient (Wildman–Crippen LogP) is 3.80. The number of ether oxygens (including phenoxy) is 1. The molecule has 0 amide bonds. The molecule has 1 heterocycles. The maximum atomic E-state index is 13.0. The van der Waals surface area contributed by atoms with Crippen LogP contribution < -0.4 is 0 Å². The number of hydrogen-bond donors (Lipinski definition) is 0. The average molecular weight is 436 g/mol. The molecule has 0 spiro atoms. The molecule has 1 fully saturated rings. The van der Waals surface area contributed by atoms with Crippen molar-refractivity contribution in [2.45, 2.75) is 24.7 Å². The Kier molecular flexibility index (Phi) is 6.72. The zero-order valence-corrected chi connectivity index (χ0v) is 17.6. The number of esters is 1.